The lowest BCUT2D eigenvalue weighted by Crippen LogP contribution is -2.15. The molecule has 0 aliphatic heterocycles. The van der Waals surface area contributed by atoms with E-state index in [9.17, 15) is 9.59 Å². The van der Waals surface area contributed by atoms with Gasteiger partial charge in [-0.2, -0.15) is 0 Å². The molecule has 0 radical (unpaired) electrons. The van der Waals surface area contributed by atoms with Crippen LogP contribution in [0.25, 0.3) is 0 Å². The van der Waals surface area contributed by atoms with Crippen molar-refractivity contribution >= 4 is 46.3 Å². The maximum absolute atomic E-state index is 11.9. The summed E-state index contributed by atoms with van der Waals surface area (Å²) in [7, 11) is 2.58. The fourth-order valence-corrected chi connectivity index (χ4v) is 2.69. The molecule has 154 valence electrons. The predicted octanol–water partition coefficient (Wildman–Crippen LogP) is 5.53. The van der Waals surface area contributed by atoms with Crippen molar-refractivity contribution in [2.24, 2.45) is 0 Å². The molecule has 0 aromatic heterocycles. The summed E-state index contributed by atoms with van der Waals surface area (Å²) in [5.74, 6) is 0. The highest BCUT2D eigenvalue weighted by Crippen LogP contribution is 2.37. The Labute approximate surface area is 174 Å². The first-order chi connectivity index (χ1) is 14.6. The van der Waals surface area contributed by atoms with Crippen molar-refractivity contribution in [3.8, 4) is 0 Å². The third kappa shape index (κ3) is 5.41. The summed E-state index contributed by atoms with van der Waals surface area (Å²) < 4.78 is 9.48. The number of carbonyl (C=O) groups excluding carboxylic acids is 2. The summed E-state index contributed by atoms with van der Waals surface area (Å²) in [6, 6.07) is 22.2. The number of hydrogen-bond acceptors (Lipinski definition) is 6. The van der Waals surface area contributed by atoms with E-state index < -0.39 is 12.2 Å². The first kappa shape index (κ1) is 20.5. The van der Waals surface area contributed by atoms with Crippen LogP contribution in [0.4, 0.5) is 43.7 Å². The summed E-state index contributed by atoms with van der Waals surface area (Å²) in [6.07, 6.45) is -1.24. The molecule has 3 aromatic rings. The molecule has 8 nitrogen and oxygen atoms in total. The highest BCUT2D eigenvalue weighted by Gasteiger charge is 2.15. The summed E-state index contributed by atoms with van der Waals surface area (Å²) in [6.45, 7) is 0. The van der Waals surface area contributed by atoms with Crippen LogP contribution >= 0.6 is 0 Å². The lowest BCUT2D eigenvalue weighted by Gasteiger charge is -2.19. The molecule has 0 spiro atoms. The van der Waals surface area contributed by atoms with Crippen molar-refractivity contribution < 1.29 is 19.1 Å². The highest BCUT2D eigenvalue weighted by molar-refractivity contribution is 5.98. The third-order valence-electron chi connectivity index (χ3n) is 4.11. The monoisotopic (exact) mass is 406 g/mol. The van der Waals surface area contributed by atoms with Crippen LogP contribution < -0.4 is 21.3 Å². The summed E-state index contributed by atoms with van der Waals surface area (Å²) in [5.41, 5.74) is 3.63. The maximum Gasteiger partial charge on any atom is 0.411 e. The van der Waals surface area contributed by atoms with Gasteiger partial charge in [0, 0.05) is 11.4 Å². The molecule has 0 bridgehead atoms. The summed E-state index contributed by atoms with van der Waals surface area (Å²) in [4.78, 5) is 23.8. The van der Waals surface area contributed by atoms with Crippen LogP contribution in [0.1, 0.15) is 0 Å². The van der Waals surface area contributed by atoms with E-state index in [4.69, 9.17) is 9.47 Å². The van der Waals surface area contributed by atoms with Crippen LogP contribution in [-0.4, -0.2) is 26.4 Å². The molecule has 0 aliphatic rings. The van der Waals surface area contributed by atoms with E-state index in [2.05, 4.69) is 21.3 Å². The standard InChI is InChI=1S/C22H22N4O4/c1-29-21(27)25-19-13-18(24-16-11-7-4-8-12-16)20(26-22(28)30-2)14-17(19)23-15-9-5-3-6-10-15/h3-14,23-24H,1-2H3,(H,25,27)(H,26,28). The van der Waals surface area contributed by atoms with Crippen molar-refractivity contribution in [1.82, 2.24) is 0 Å². The van der Waals surface area contributed by atoms with Gasteiger partial charge in [-0.3, -0.25) is 10.6 Å². The van der Waals surface area contributed by atoms with Gasteiger partial charge in [-0.25, -0.2) is 9.59 Å². The molecule has 0 saturated heterocycles. The second kappa shape index (κ2) is 9.83. The number of nitrogens with one attached hydrogen (secondary N) is 4. The van der Waals surface area contributed by atoms with Gasteiger partial charge in [0.15, 0.2) is 0 Å². The molecule has 0 fully saturated rings. The average Bonchev–Trinajstić information content (AvgIpc) is 2.77. The number of anilines is 6. The number of rotatable bonds is 6. The number of methoxy groups -OCH3 is 2. The molecule has 3 aromatic carbocycles. The largest absolute Gasteiger partial charge is 0.453 e. The Balaban J connectivity index is 2.05. The van der Waals surface area contributed by atoms with E-state index in [0.717, 1.165) is 11.4 Å². The van der Waals surface area contributed by atoms with Crippen LogP contribution in [0.3, 0.4) is 0 Å². The summed E-state index contributed by atoms with van der Waals surface area (Å²) >= 11 is 0. The van der Waals surface area contributed by atoms with Crippen LogP contribution in [-0.2, 0) is 9.47 Å². The topological polar surface area (TPSA) is 101 Å². The zero-order valence-electron chi connectivity index (χ0n) is 16.6. The van der Waals surface area contributed by atoms with Gasteiger partial charge in [-0.15, -0.1) is 0 Å². The molecule has 3 rings (SSSR count). The van der Waals surface area contributed by atoms with Gasteiger partial charge in [0.05, 0.1) is 37.0 Å². The molecular weight excluding hydrogens is 384 g/mol. The number of amides is 2. The quantitative estimate of drug-likeness (QED) is 0.429. The Hall–Kier alpha value is -4.20. The van der Waals surface area contributed by atoms with Crippen LogP contribution in [0.5, 0.6) is 0 Å². The second-order valence-corrected chi connectivity index (χ2v) is 6.16. The Bertz CT molecular complexity index is 927. The van der Waals surface area contributed by atoms with E-state index >= 15 is 0 Å². The van der Waals surface area contributed by atoms with Crippen molar-refractivity contribution in [2.45, 2.75) is 0 Å². The van der Waals surface area contributed by atoms with Gasteiger partial charge >= 0.3 is 12.2 Å². The smallest absolute Gasteiger partial charge is 0.411 e. The average molecular weight is 406 g/mol. The van der Waals surface area contributed by atoms with Crippen LogP contribution in [0.15, 0.2) is 72.8 Å². The molecule has 0 aliphatic carbocycles. The Kier molecular flexibility index (Phi) is 6.73. The van der Waals surface area contributed by atoms with Crippen LogP contribution in [0.2, 0.25) is 0 Å². The number of ether oxygens (including phenoxy) is 2. The number of para-hydroxylation sites is 2. The SMILES string of the molecule is COC(=O)Nc1cc(Nc2ccccc2)c(NC(=O)OC)cc1Nc1ccccc1. The molecule has 2 amide bonds. The lowest BCUT2D eigenvalue weighted by atomic mass is 10.1. The molecule has 0 heterocycles. The van der Waals surface area contributed by atoms with E-state index in [1.165, 1.54) is 14.2 Å². The Morgan fingerprint density at radius 1 is 0.600 bits per heavy atom. The fraction of sp³-hybridized carbons (Fsp3) is 0.0909. The molecular formula is C22H22N4O4. The molecule has 8 heteroatoms. The van der Waals surface area contributed by atoms with Crippen molar-refractivity contribution in [3.05, 3.63) is 72.8 Å². The molecule has 0 saturated carbocycles. The number of hydrogen-bond donors (Lipinski definition) is 4. The van der Waals surface area contributed by atoms with E-state index in [0.29, 0.717) is 22.7 Å². The fourth-order valence-electron chi connectivity index (χ4n) is 2.69. The van der Waals surface area contributed by atoms with E-state index in [1.807, 2.05) is 60.7 Å². The maximum atomic E-state index is 11.9. The molecule has 0 atom stereocenters. The Morgan fingerprint density at radius 3 is 1.30 bits per heavy atom. The predicted molar refractivity (Wildman–Crippen MR) is 118 cm³/mol. The van der Waals surface area contributed by atoms with Crippen molar-refractivity contribution in [1.29, 1.82) is 0 Å². The third-order valence-corrected chi connectivity index (χ3v) is 4.11. The number of benzene rings is 3. The second-order valence-electron chi connectivity index (χ2n) is 6.16. The first-order valence-corrected chi connectivity index (χ1v) is 9.11. The van der Waals surface area contributed by atoms with Gasteiger partial charge in [0.25, 0.3) is 0 Å². The van der Waals surface area contributed by atoms with Gasteiger partial charge in [-0.1, -0.05) is 36.4 Å². The van der Waals surface area contributed by atoms with Gasteiger partial charge in [0.1, 0.15) is 0 Å². The van der Waals surface area contributed by atoms with Gasteiger partial charge in [-0.05, 0) is 36.4 Å². The normalized spacial score (nSPS) is 9.93. The minimum atomic E-state index is -0.620. The zero-order valence-corrected chi connectivity index (χ0v) is 16.6. The van der Waals surface area contributed by atoms with Gasteiger partial charge in [0.2, 0.25) is 0 Å². The Morgan fingerprint density at radius 2 is 0.967 bits per heavy atom. The van der Waals surface area contributed by atoms with E-state index in [1.54, 1.807) is 12.1 Å². The van der Waals surface area contributed by atoms with Crippen molar-refractivity contribution in [3.63, 3.8) is 0 Å². The molecule has 30 heavy (non-hydrogen) atoms. The van der Waals surface area contributed by atoms with Gasteiger partial charge < -0.3 is 20.1 Å². The number of carbonyl (C=O) groups is 2. The zero-order chi connectivity index (χ0) is 21.3. The molecule has 0 unspecified atom stereocenters. The lowest BCUT2D eigenvalue weighted by molar-refractivity contribution is 0.186. The summed E-state index contributed by atoms with van der Waals surface area (Å²) in [5, 5.41) is 11.9. The van der Waals surface area contributed by atoms with Crippen molar-refractivity contribution in [2.75, 3.05) is 35.5 Å². The minimum Gasteiger partial charge on any atom is -0.453 e. The molecule has 4 N–H and O–H groups in total. The highest BCUT2D eigenvalue weighted by atomic mass is 16.5. The first-order valence-electron chi connectivity index (χ1n) is 9.11. The van der Waals surface area contributed by atoms with E-state index in [-0.39, 0.29) is 0 Å². The van der Waals surface area contributed by atoms with Crippen LogP contribution in [0, 0.1) is 0 Å². The minimum absolute atomic E-state index is 0.458.